The Balaban J connectivity index is 3.34. The first-order valence-electron chi connectivity index (χ1n) is 3.61. The third-order valence-electron chi connectivity index (χ3n) is 1.59. The molecule has 0 aliphatic rings. The lowest BCUT2D eigenvalue weighted by molar-refractivity contribution is 0.0596. The predicted molar refractivity (Wildman–Crippen MR) is 56.9 cm³/mol. The molecule has 0 atom stereocenters. The lowest BCUT2D eigenvalue weighted by atomic mass is 10.1. The number of carbonyl (C=O) groups excluding carboxylic acids is 1. The van der Waals surface area contributed by atoms with Crippen molar-refractivity contribution in [2.24, 2.45) is 0 Å². The minimum Gasteiger partial charge on any atom is -0.507 e. The first kappa shape index (κ1) is 10.8. The van der Waals surface area contributed by atoms with Crippen molar-refractivity contribution in [2.45, 2.75) is 0 Å². The van der Waals surface area contributed by atoms with Gasteiger partial charge < -0.3 is 9.84 Å². The van der Waals surface area contributed by atoms with E-state index in [-0.39, 0.29) is 11.3 Å². The van der Waals surface area contributed by atoms with Gasteiger partial charge in [0, 0.05) is 3.57 Å². The molecule has 0 heterocycles. The molecule has 0 saturated heterocycles. The molecule has 0 radical (unpaired) electrons. The molecule has 0 aromatic heterocycles. The van der Waals surface area contributed by atoms with E-state index in [4.69, 9.17) is 5.26 Å². The van der Waals surface area contributed by atoms with Gasteiger partial charge in [-0.15, -0.1) is 0 Å². The number of esters is 1. The molecule has 1 rings (SSSR count). The molecule has 0 spiro atoms. The highest BCUT2D eigenvalue weighted by Gasteiger charge is 2.16. The normalized spacial score (nSPS) is 9.21. The molecule has 0 saturated carbocycles. The number of hydrogen-bond acceptors (Lipinski definition) is 4. The van der Waals surface area contributed by atoms with Gasteiger partial charge in [0.05, 0.1) is 18.7 Å². The van der Waals surface area contributed by atoms with Crippen LogP contribution in [0.2, 0.25) is 0 Å². The zero-order valence-corrected chi connectivity index (χ0v) is 9.40. The highest BCUT2D eigenvalue weighted by molar-refractivity contribution is 14.1. The van der Waals surface area contributed by atoms with E-state index in [1.165, 1.54) is 19.2 Å². The predicted octanol–water partition coefficient (Wildman–Crippen LogP) is 1.66. The van der Waals surface area contributed by atoms with Crippen molar-refractivity contribution in [3.63, 3.8) is 0 Å². The van der Waals surface area contributed by atoms with Crippen molar-refractivity contribution >= 4 is 28.6 Å². The molecule has 1 aromatic carbocycles. The van der Waals surface area contributed by atoms with Crippen LogP contribution in [0.3, 0.4) is 0 Å². The van der Waals surface area contributed by atoms with Crippen LogP contribution in [0, 0.1) is 14.9 Å². The minimum atomic E-state index is -0.614. The molecule has 14 heavy (non-hydrogen) atoms. The Hall–Kier alpha value is -1.29. The second-order valence-electron chi connectivity index (χ2n) is 2.46. The molecular formula is C9H6INO3. The number of phenols is 1. The summed E-state index contributed by atoms with van der Waals surface area (Å²) in [6.45, 7) is 0. The smallest absolute Gasteiger partial charge is 0.342 e. The molecule has 4 nitrogen and oxygen atoms in total. The van der Waals surface area contributed by atoms with Crippen LogP contribution in [0.5, 0.6) is 5.75 Å². The fourth-order valence-corrected chi connectivity index (χ4v) is 1.79. The third kappa shape index (κ3) is 1.96. The Morgan fingerprint density at radius 2 is 2.29 bits per heavy atom. The van der Waals surface area contributed by atoms with E-state index in [2.05, 4.69) is 4.74 Å². The van der Waals surface area contributed by atoms with Crippen molar-refractivity contribution in [3.8, 4) is 11.8 Å². The van der Waals surface area contributed by atoms with Crippen molar-refractivity contribution in [2.75, 3.05) is 7.11 Å². The van der Waals surface area contributed by atoms with Gasteiger partial charge in [0.25, 0.3) is 0 Å². The van der Waals surface area contributed by atoms with Crippen LogP contribution >= 0.6 is 22.6 Å². The monoisotopic (exact) mass is 303 g/mol. The van der Waals surface area contributed by atoms with Gasteiger partial charge in [-0.1, -0.05) is 0 Å². The number of methoxy groups -OCH3 is 1. The van der Waals surface area contributed by atoms with Crippen molar-refractivity contribution in [1.29, 1.82) is 5.26 Å². The zero-order valence-electron chi connectivity index (χ0n) is 7.24. The van der Waals surface area contributed by atoms with E-state index < -0.39 is 5.97 Å². The number of ether oxygens (including phenoxy) is 1. The summed E-state index contributed by atoms with van der Waals surface area (Å²) in [5.74, 6) is -0.850. The zero-order chi connectivity index (χ0) is 10.7. The molecule has 0 aliphatic carbocycles. The molecule has 1 N–H and O–H groups in total. The molecule has 0 fully saturated rings. The van der Waals surface area contributed by atoms with E-state index in [1.807, 2.05) is 28.7 Å². The van der Waals surface area contributed by atoms with Crippen molar-refractivity contribution < 1.29 is 14.6 Å². The number of carbonyl (C=O) groups is 1. The summed E-state index contributed by atoms with van der Waals surface area (Å²) in [6, 6.07) is 4.61. The Bertz CT molecular complexity index is 400. The molecular weight excluding hydrogens is 297 g/mol. The maximum absolute atomic E-state index is 11.2. The molecule has 0 bridgehead atoms. The van der Waals surface area contributed by atoms with Crippen LogP contribution in [-0.4, -0.2) is 18.2 Å². The summed E-state index contributed by atoms with van der Waals surface area (Å²) in [4.78, 5) is 11.2. The number of rotatable bonds is 1. The Kier molecular flexibility index (Phi) is 3.30. The van der Waals surface area contributed by atoms with E-state index in [1.54, 1.807) is 0 Å². The summed E-state index contributed by atoms with van der Waals surface area (Å²) in [7, 11) is 1.23. The summed E-state index contributed by atoms with van der Waals surface area (Å²) in [5.41, 5.74) is 0.395. The van der Waals surface area contributed by atoms with E-state index in [0.717, 1.165) is 0 Å². The van der Waals surface area contributed by atoms with Gasteiger partial charge in [-0.05, 0) is 34.7 Å². The summed E-state index contributed by atoms with van der Waals surface area (Å²) >= 11 is 1.86. The van der Waals surface area contributed by atoms with E-state index >= 15 is 0 Å². The topological polar surface area (TPSA) is 70.3 Å². The van der Waals surface area contributed by atoms with Gasteiger partial charge in [-0.2, -0.15) is 5.26 Å². The lowest BCUT2D eigenvalue weighted by Gasteiger charge is -2.05. The summed E-state index contributed by atoms with van der Waals surface area (Å²) < 4.78 is 4.98. The summed E-state index contributed by atoms with van der Waals surface area (Å²) in [6.07, 6.45) is 0. The second kappa shape index (κ2) is 4.28. The number of aromatic hydroxyl groups is 1. The quantitative estimate of drug-likeness (QED) is 0.632. The van der Waals surface area contributed by atoms with Crippen LogP contribution < -0.4 is 0 Å². The van der Waals surface area contributed by atoms with Gasteiger partial charge >= 0.3 is 5.97 Å². The van der Waals surface area contributed by atoms with Crippen LogP contribution in [0.15, 0.2) is 12.1 Å². The van der Waals surface area contributed by atoms with Crippen LogP contribution in [0.25, 0.3) is 0 Å². The molecule has 0 aliphatic heterocycles. The van der Waals surface area contributed by atoms with Gasteiger partial charge in [0.1, 0.15) is 11.3 Å². The van der Waals surface area contributed by atoms with Crippen molar-refractivity contribution in [3.05, 3.63) is 26.8 Å². The number of nitrogens with zero attached hydrogens (tertiary/aromatic N) is 1. The number of halogens is 1. The van der Waals surface area contributed by atoms with E-state index in [0.29, 0.717) is 9.13 Å². The minimum absolute atomic E-state index is 0.0899. The fourth-order valence-electron chi connectivity index (χ4n) is 0.961. The SMILES string of the molecule is COC(=O)c1c(O)cc(C#N)cc1I. The number of nitriles is 1. The number of phenolic OH excluding ortho intramolecular Hbond substituents is 1. The highest BCUT2D eigenvalue weighted by Crippen LogP contribution is 2.25. The number of benzene rings is 1. The molecule has 0 amide bonds. The molecule has 72 valence electrons. The third-order valence-corrected chi connectivity index (χ3v) is 2.44. The fraction of sp³-hybridized carbons (Fsp3) is 0.111. The van der Waals surface area contributed by atoms with Crippen LogP contribution in [0.1, 0.15) is 15.9 Å². The second-order valence-corrected chi connectivity index (χ2v) is 3.62. The summed E-state index contributed by atoms with van der Waals surface area (Å²) in [5, 5.41) is 18.0. The van der Waals surface area contributed by atoms with Gasteiger partial charge in [-0.3, -0.25) is 0 Å². The van der Waals surface area contributed by atoms with E-state index in [9.17, 15) is 9.90 Å². The maximum Gasteiger partial charge on any atom is 0.342 e. The Labute approximate surface area is 94.2 Å². The largest absolute Gasteiger partial charge is 0.507 e. The highest BCUT2D eigenvalue weighted by atomic mass is 127. The van der Waals surface area contributed by atoms with Crippen molar-refractivity contribution in [1.82, 2.24) is 0 Å². The average Bonchev–Trinajstić information content (AvgIpc) is 2.16. The lowest BCUT2D eigenvalue weighted by Crippen LogP contribution is -2.04. The van der Waals surface area contributed by atoms with Gasteiger partial charge in [0.2, 0.25) is 0 Å². The van der Waals surface area contributed by atoms with Gasteiger partial charge in [-0.25, -0.2) is 4.79 Å². The maximum atomic E-state index is 11.2. The standard InChI is InChI=1S/C9H6INO3/c1-14-9(13)8-6(10)2-5(4-11)3-7(8)12/h2-3,12H,1H3. The molecule has 5 heteroatoms. The molecule has 1 aromatic rings. The first-order valence-corrected chi connectivity index (χ1v) is 4.69. The van der Waals surface area contributed by atoms with Gasteiger partial charge in [0.15, 0.2) is 0 Å². The first-order chi connectivity index (χ1) is 6.60. The molecule has 0 unspecified atom stereocenters. The van der Waals surface area contributed by atoms with Crippen LogP contribution in [-0.2, 0) is 4.74 Å². The Morgan fingerprint density at radius 1 is 1.64 bits per heavy atom. The van der Waals surface area contributed by atoms with Crippen LogP contribution in [0.4, 0.5) is 0 Å². The average molecular weight is 303 g/mol. The number of hydrogen-bond donors (Lipinski definition) is 1. The Morgan fingerprint density at radius 3 is 2.71 bits per heavy atom.